The molecule has 1 atom stereocenters. The van der Waals surface area contributed by atoms with Crippen LogP contribution >= 0.6 is 0 Å². The average Bonchev–Trinajstić information content (AvgIpc) is 3.00. The number of esters is 1. The highest BCUT2D eigenvalue weighted by molar-refractivity contribution is 5.95. The normalized spacial score (nSPS) is 14.7. The Balaban J connectivity index is 1.66. The first-order valence-corrected chi connectivity index (χ1v) is 13.7. The van der Waals surface area contributed by atoms with Crippen molar-refractivity contribution in [1.82, 2.24) is 10.2 Å². The van der Waals surface area contributed by atoms with E-state index < -0.39 is 17.6 Å². The lowest BCUT2D eigenvalue weighted by Gasteiger charge is -2.34. The van der Waals surface area contributed by atoms with E-state index in [1.807, 2.05) is 30.3 Å². The molecule has 1 saturated heterocycles. The predicted octanol–water partition coefficient (Wildman–Crippen LogP) is 2.83. The molecule has 4 rings (SSSR count). The quantitative estimate of drug-likeness (QED) is 0.104. The van der Waals surface area contributed by atoms with Crippen LogP contribution in [0.15, 0.2) is 72.8 Å². The van der Waals surface area contributed by atoms with Gasteiger partial charge in [-0.15, -0.1) is 0 Å². The Morgan fingerprint density at radius 2 is 1.74 bits per heavy atom. The molecular weight excluding hydrogens is 538 g/mol. The Morgan fingerprint density at radius 1 is 1.02 bits per heavy atom. The van der Waals surface area contributed by atoms with Gasteiger partial charge >= 0.3 is 5.97 Å². The SMILES string of the molecule is COc1cc(C(Nc2ccc(C(=N)N)cc2)(OC(C)=O)C(=O)NCc2ccccc2)ccc1OCCN1CCOCC1. The van der Waals surface area contributed by atoms with Crippen LogP contribution in [0.4, 0.5) is 5.69 Å². The molecule has 1 amide bonds. The number of methoxy groups -OCH3 is 1. The van der Waals surface area contributed by atoms with Gasteiger partial charge in [0.25, 0.3) is 11.6 Å². The molecule has 1 unspecified atom stereocenters. The minimum Gasteiger partial charge on any atom is -0.493 e. The summed E-state index contributed by atoms with van der Waals surface area (Å²) in [5.74, 6) is -0.512. The highest BCUT2D eigenvalue weighted by Crippen LogP contribution is 2.36. The molecule has 0 radical (unpaired) electrons. The fraction of sp³-hybridized carbons (Fsp3) is 0.323. The molecule has 0 aromatic heterocycles. The molecule has 1 heterocycles. The zero-order chi connectivity index (χ0) is 30.0. The van der Waals surface area contributed by atoms with Crippen LogP contribution < -0.4 is 25.8 Å². The Morgan fingerprint density at radius 3 is 2.38 bits per heavy atom. The molecule has 1 fully saturated rings. The molecule has 3 aromatic carbocycles. The zero-order valence-electron chi connectivity index (χ0n) is 23.9. The van der Waals surface area contributed by atoms with E-state index in [0.29, 0.717) is 48.1 Å². The van der Waals surface area contributed by atoms with Crippen LogP contribution in [-0.4, -0.2) is 69.2 Å². The topological polar surface area (TPSA) is 148 Å². The average molecular weight is 576 g/mol. The summed E-state index contributed by atoms with van der Waals surface area (Å²) in [6.45, 7) is 5.70. The van der Waals surface area contributed by atoms with Crippen molar-refractivity contribution in [2.45, 2.75) is 19.2 Å². The van der Waals surface area contributed by atoms with Gasteiger partial charge in [0.05, 0.1) is 20.3 Å². The van der Waals surface area contributed by atoms with E-state index in [-0.39, 0.29) is 12.4 Å². The summed E-state index contributed by atoms with van der Waals surface area (Å²) in [7, 11) is 1.50. The van der Waals surface area contributed by atoms with Crippen molar-refractivity contribution in [2.24, 2.45) is 5.73 Å². The number of ether oxygens (including phenoxy) is 4. The molecule has 11 nitrogen and oxygen atoms in total. The maximum absolute atomic E-state index is 14.0. The van der Waals surface area contributed by atoms with Gasteiger partial charge in [-0.05, 0) is 48.0 Å². The number of rotatable bonds is 13. The number of anilines is 1. The molecule has 0 aliphatic carbocycles. The van der Waals surface area contributed by atoms with Gasteiger partial charge < -0.3 is 35.3 Å². The summed E-state index contributed by atoms with van der Waals surface area (Å²) in [6.07, 6.45) is 0. The van der Waals surface area contributed by atoms with Gasteiger partial charge in [0.2, 0.25) is 0 Å². The highest BCUT2D eigenvalue weighted by atomic mass is 16.6. The fourth-order valence-electron chi connectivity index (χ4n) is 4.56. The number of nitrogens with zero attached hydrogens (tertiary/aromatic N) is 1. The number of morpholine rings is 1. The summed E-state index contributed by atoms with van der Waals surface area (Å²) >= 11 is 0. The Bertz CT molecular complexity index is 1360. The summed E-state index contributed by atoms with van der Waals surface area (Å²) in [5, 5.41) is 13.7. The fourth-order valence-corrected chi connectivity index (χ4v) is 4.56. The lowest BCUT2D eigenvalue weighted by Crippen LogP contribution is -2.52. The molecule has 5 N–H and O–H groups in total. The maximum Gasteiger partial charge on any atom is 0.305 e. The van der Waals surface area contributed by atoms with Crippen LogP contribution in [-0.2, 0) is 31.3 Å². The van der Waals surface area contributed by atoms with Gasteiger partial charge in [-0.25, -0.2) is 0 Å². The molecule has 0 spiro atoms. The molecule has 1 aliphatic heterocycles. The number of carbonyl (C=O) groups excluding carboxylic acids is 2. The van der Waals surface area contributed by atoms with E-state index in [2.05, 4.69) is 15.5 Å². The molecule has 3 aromatic rings. The third-order valence-corrected chi connectivity index (χ3v) is 6.77. The van der Waals surface area contributed by atoms with Crippen molar-refractivity contribution in [1.29, 1.82) is 5.41 Å². The van der Waals surface area contributed by atoms with Crippen LogP contribution in [0.3, 0.4) is 0 Å². The minimum absolute atomic E-state index is 0.0950. The van der Waals surface area contributed by atoms with Crippen molar-refractivity contribution >= 4 is 23.4 Å². The van der Waals surface area contributed by atoms with Gasteiger partial charge in [0, 0.05) is 49.9 Å². The lowest BCUT2D eigenvalue weighted by molar-refractivity contribution is -0.165. The molecule has 42 heavy (non-hydrogen) atoms. The van der Waals surface area contributed by atoms with Crippen LogP contribution in [0.5, 0.6) is 11.5 Å². The lowest BCUT2D eigenvalue weighted by atomic mass is 9.99. The zero-order valence-corrected chi connectivity index (χ0v) is 23.9. The molecule has 1 aliphatic rings. The molecule has 222 valence electrons. The Kier molecular flexibility index (Phi) is 10.4. The number of hydrogen-bond acceptors (Lipinski definition) is 9. The summed E-state index contributed by atoms with van der Waals surface area (Å²) < 4.78 is 22.9. The Hall–Kier alpha value is -4.61. The highest BCUT2D eigenvalue weighted by Gasteiger charge is 2.45. The molecule has 11 heteroatoms. The second-order valence-corrected chi connectivity index (χ2v) is 9.73. The van der Waals surface area contributed by atoms with Gasteiger partial charge in [0.15, 0.2) is 11.5 Å². The second-order valence-electron chi connectivity index (χ2n) is 9.73. The number of nitrogen functional groups attached to an aromatic ring is 1. The second kappa shape index (κ2) is 14.3. The number of nitrogens with two attached hydrogens (primary N) is 1. The molecule has 0 bridgehead atoms. The van der Waals surface area contributed by atoms with Crippen LogP contribution in [0.1, 0.15) is 23.6 Å². The number of amidine groups is 1. The van der Waals surface area contributed by atoms with E-state index in [0.717, 1.165) is 25.2 Å². The van der Waals surface area contributed by atoms with E-state index in [4.69, 9.17) is 30.1 Å². The first kappa shape index (κ1) is 30.4. The number of carbonyl (C=O) groups is 2. The standard InChI is InChI=1S/C31H37N5O6/c1-22(37)42-31(30(38)34-21-23-6-4-3-5-7-23,35-26-11-8-24(9-12-26)29(32)33)25-10-13-27(28(20-25)39-2)41-19-16-36-14-17-40-18-15-36/h3-13,20,35H,14-19,21H2,1-2H3,(H3,32,33)(H,34,38). The van der Waals surface area contributed by atoms with Crippen molar-refractivity contribution < 1.29 is 28.5 Å². The van der Waals surface area contributed by atoms with Gasteiger partial charge in [-0.2, -0.15) is 0 Å². The van der Waals surface area contributed by atoms with Crippen molar-refractivity contribution in [2.75, 3.05) is 51.9 Å². The first-order chi connectivity index (χ1) is 20.3. The van der Waals surface area contributed by atoms with Crippen molar-refractivity contribution in [3.8, 4) is 11.5 Å². The summed E-state index contributed by atoms with van der Waals surface area (Å²) in [6, 6.07) is 20.9. The van der Waals surface area contributed by atoms with Gasteiger partial charge in [-0.3, -0.25) is 19.9 Å². The van der Waals surface area contributed by atoms with E-state index >= 15 is 0 Å². The van der Waals surface area contributed by atoms with Gasteiger partial charge in [0.1, 0.15) is 12.4 Å². The number of amides is 1. The number of nitrogens with one attached hydrogen (secondary N) is 3. The van der Waals surface area contributed by atoms with Crippen LogP contribution in [0.2, 0.25) is 0 Å². The minimum atomic E-state index is -1.97. The van der Waals surface area contributed by atoms with Crippen LogP contribution in [0, 0.1) is 5.41 Å². The summed E-state index contributed by atoms with van der Waals surface area (Å²) in [5.41, 5.74) is 5.79. The smallest absolute Gasteiger partial charge is 0.305 e. The largest absolute Gasteiger partial charge is 0.493 e. The third-order valence-electron chi connectivity index (χ3n) is 6.77. The number of hydrogen-bond donors (Lipinski definition) is 4. The monoisotopic (exact) mass is 575 g/mol. The van der Waals surface area contributed by atoms with Crippen LogP contribution in [0.25, 0.3) is 0 Å². The number of benzene rings is 3. The van der Waals surface area contributed by atoms with Crippen molar-refractivity contribution in [3.05, 3.63) is 89.5 Å². The Labute approximate surface area is 245 Å². The summed E-state index contributed by atoms with van der Waals surface area (Å²) in [4.78, 5) is 28.8. The third kappa shape index (κ3) is 7.77. The van der Waals surface area contributed by atoms with Crippen molar-refractivity contribution in [3.63, 3.8) is 0 Å². The first-order valence-electron chi connectivity index (χ1n) is 13.7. The maximum atomic E-state index is 14.0. The molecular formula is C31H37N5O6. The van der Waals surface area contributed by atoms with E-state index in [1.54, 1.807) is 42.5 Å². The molecule has 0 saturated carbocycles. The van der Waals surface area contributed by atoms with E-state index in [9.17, 15) is 9.59 Å². The van der Waals surface area contributed by atoms with E-state index in [1.165, 1.54) is 14.0 Å². The van der Waals surface area contributed by atoms with Gasteiger partial charge in [-0.1, -0.05) is 30.3 Å². The predicted molar refractivity (Wildman–Crippen MR) is 159 cm³/mol.